The Hall–Kier alpha value is -7.04. The van der Waals surface area contributed by atoms with Crippen LogP contribution in [0.4, 0.5) is 34.1 Å². The highest BCUT2D eigenvalue weighted by Crippen LogP contribution is 2.63. The third kappa shape index (κ3) is 4.78. The van der Waals surface area contributed by atoms with Crippen LogP contribution in [-0.4, -0.2) is 13.3 Å². The first-order valence-corrected chi connectivity index (χ1v) is 23.0. The molecule has 312 valence electrons. The summed E-state index contributed by atoms with van der Waals surface area (Å²) in [6.45, 7) is 15.3. The van der Waals surface area contributed by atoms with E-state index >= 15 is 0 Å². The summed E-state index contributed by atoms with van der Waals surface area (Å²) >= 11 is 0. The predicted octanol–water partition coefficient (Wildman–Crippen LogP) is 14.4. The van der Waals surface area contributed by atoms with Gasteiger partial charge in [0.05, 0.1) is 41.5 Å². The average Bonchev–Trinajstić information content (AvgIpc) is 4.05. The monoisotopic (exact) mass is 828 g/mol. The molecule has 0 fully saturated rings. The van der Waals surface area contributed by atoms with Crippen molar-refractivity contribution in [1.29, 1.82) is 0 Å². The van der Waals surface area contributed by atoms with Gasteiger partial charge in [-0.25, -0.2) is 0 Å². The highest BCUT2D eigenvalue weighted by molar-refractivity contribution is 5.95. The molecule has 5 aliphatic rings. The molecule has 0 amide bonds. The highest BCUT2D eigenvalue weighted by Gasteiger charge is 2.57. The predicted molar refractivity (Wildman–Crippen MR) is 266 cm³/mol. The van der Waals surface area contributed by atoms with Crippen molar-refractivity contribution in [1.82, 2.24) is 0 Å². The van der Waals surface area contributed by atoms with Gasteiger partial charge in [-0.3, -0.25) is 0 Å². The molecule has 2 spiro atoms. The number of rotatable bonds is 0. The number of nitrogens with zero attached hydrogens (tertiary/aromatic N) is 4. The first kappa shape index (κ1) is 37.5. The van der Waals surface area contributed by atoms with Gasteiger partial charge < -0.3 is 19.6 Å². The van der Waals surface area contributed by atoms with Gasteiger partial charge in [0.1, 0.15) is 0 Å². The zero-order valence-electron chi connectivity index (χ0n) is 37.5. The van der Waals surface area contributed by atoms with Gasteiger partial charge in [0.15, 0.2) is 5.66 Å². The van der Waals surface area contributed by atoms with Crippen LogP contribution in [-0.2, 0) is 21.9 Å². The van der Waals surface area contributed by atoms with Crippen LogP contribution >= 0.6 is 0 Å². The number of anilines is 6. The van der Waals surface area contributed by atoms with Crippen molar-refractivity contribution in [3.05, 3.63) is 226 Å². The largest absolute Gasteiger partial charge is 0.321 e. The molecule has 4 heteroatoms. The van der Waals surface area contributed by atoms with Crippen LogP contribution in [0.3, 0.4) is 0 Å². The molecule has 64 heavy (non-hydrogen) atoms. The Labute approximate surface area is 377 Å². The number of benzene rings is 8. The molecule has 4 nitrogen and oxygen atoms in total. The summed E-state index contributed by atoms with van der Waals surface area (Å²) in [6.07, 6.45) is 0. The van der Waals surface area contributed by atoms with Crippen LogP contribution in [0, 0.1) is 0 Å². The normalized spacial score (nSPS) is 16.6. The summed E-state index contributed by atoms with van der Waals surface area (Å²) in [5.41, 5.74) is 21.6. The van der Waals surface area contributed by atoms with E-state index in [1.165, 1.54) is 101 Å². The lowest BCUT2D eigenvalue weighted by molar-refractivity contribution is 0.472. The second kappa shape index (κ2) is 12.8. The fourth-order valence-corrected chi connectivity index (χ4v) is 12.2. The highest BCUT2D eigenvalue weighted by atomic mass is 15.5. The van der Waals surface area contributed by atoms with Gasteiger partial charge >= 0.3 is 0 Å². The van der Waals surface area contributed by atoms with E-state index in [1.54, 1.807) is 0 Å². The lowest BCUT2D eigenvalue weighted by Gasteiger charge is -2.49. The molecule has 3 heterocycles. The van der Waals surface area contributed by atoms with Gasteiger partial charge in [-0.1, -0.05) is 175 Å². The molecule has 8 aromatic carbocycles. The number of hydrogen-bond acceptors (Lipinski definition) is 4. The maximum Gasteiger partial charge on any atom is 0.170 e. The molecule has 0 saturated carbocycles. The van der Waals surface area contributed by atoms with Crippen molar-refractivity contribution in [2.75, 3.05) is 32.9 Å². The van der Waals surface area contributed by atoms with Crippen LogP contribution in [0.15, 0.2) is 182 Å². The standard InChI is InChI=1S/C60H52N4/c1-57(2,3)39-29-31-53-55(35-39)61-37-63(53)60(51-27-13-9-23-47(51)48-24-10-14-28-52(48)60)64-38-62(56-36-40(58(4,5)6)30-32-54(56)64)44-20-16-18-42(34-44)59(41-17-15-19-43(61)33-41)49-25-11-7-21-45(49)46-22-8-12-26-50(46)59/h7-36H,37-38H2,1-6H3. The van der Waals surface area contributed by atoms with E-state index in [2.05, 4.69) is 243 Å². The zero-order chi connectivity index (χ0) is 43.3. The fourth-order valence-electron chi connectivity index (χ4n) is 12.2. The lowest BCUT2D eigenvalue weighted by Crippen LogP contribution is -2.59. The minimum atomic E-state index is -0.698. The van der Waals surface area contributed by atoms with Gasteiger partial charge in [-0.05, 0) is 115 Å². The van der Waals surface area contributed by atoms with E-state index in [0.717, 1.165) is 0 Å². The molecule has 8 aromatic rings. The Bertz CT molecular complexity index is 3040. The second-order valence-electron chi connectivity index (χ2n) is 20.6. The third-order valence-corrected chi connectivity index (χ3v) is 15.2. The van der Waals surface area contributed by atoms with E-state index in [9.17, 15) is 0 Å². The lowest BCUT2D eigenvalue weighted by atomic mass is 9.67. The van der Waals surface area contributed by atoms with Crippen molar-refractivity contribution in [3.63, 3.8) is 0 Å². The molecule has 0 atom stereocenters. The topological polar surface area (TPSA) is 13.0 Å². The van der Waals surface area contributed by atoms with E-state index < -0.39 is 11.1 Å². The molecule has 0 aromatic heterocycles. The first-order valence-electron chi connectivity index (χ1n) is 23.0. The quantitative estimate of drug-likeness (QED) is 0.151. The average molecular weight is 829 g/mol. The fraction of sp³-hybridized carbons (Fsp3) is 0.200. The number of hydrogen-bond donors (Lipinski definition) is 0. The smallest absolute Gasteiger partial charge is 0.170 e. The van der Waals surface area contributed by atoms with Gasteiger partial charge in [-0.2, -0.15) is 0 Å². The molecule has 0 radical (unpaired) electrons. The summed E-state index contributed by atoms with van der Waals surface area (Å²) in [5.74, 6) is 0. The molecule has 0 unspecified atom stereocenters. The Morgan fingerprint density at radius 2 is 0.734 bits per heavy atom. The van der Waals surface area contributed by atoms with E-state index in [1.807, 2.05) is 0 Å². The van der Waals surface area contributed by atoms with Crippen molar-refractivity contribution in [2.45, 2.75) is 63.5 Å². The van der Waals surface area contributed by atoms with Crippen molar-refractivity contribution < 1.29 is 0 Å². The Balaban J connectivity index is 1.18. The minimum Gasteiger partial charge on any atom is -0.321 e. The second-order valence-corrected chi connectivity index (χ2v) is 20.6. The summed E-state index contributed by atoms with van der Waals surface area (Å²) in [5, 5.41) is 0. The summed E-state index contributed by atoms with van der Waals surface area (Å²) in [6, 6.07) is 70.3. The SMILES string of the molecule is CC(C)(C)c1ccc2c(c1)N1CN2C2(c3ccccc3-c3ccccc32)N2CN(c3cccc(c3)C3(c4cccc1c4)c1ccccc1-c1ccccc13)c1cc(C(C)(C)C)ccc12. The number of fused-ring (bicyclic) bond motifs is 30. The Morgan fingerprint density at radius 3 is 1.14 bits per heavy atom. The van der Waals surface area contributed by atoms with Crippen LogP contribution in [0.5, 0.6) is 0 Å². The molecule has 3 aliphatic heterocycles. The van der Waals surface area contributed by atoms with Crippen molar-refractivity contribution >= 4 is 34.1 Å². The van der Waals surface area contributed by atoms with Gasteiger partial charge in [0, 0.05) is 22.5 Å². The Kier molecular flexibility index (Phi) is 7.50. The van der Waals surface area contributed by atoms with Gasteiger partial charge in [0.2, 0.25) is 0 Å². The molecular weight excluding hydrogens is 777 g/mol. The molecule has 8 bridgehead atoms. The zero-order valence-corrected chi connectivity index (χ0v) is 37.5. The first-order chi connectivity index (χ1) is 31.0. The molecular formula is C60H52N4. The molecule has 0 saturated heterocycles. The van der Waals surface area contributed by atoms with Crippen LogP contribution in [0.25, 0.3) is 22.3 Å². The Morgan fingerprint density at radius 1 is 0.359 bits per heavy atom. The summed E-state index contributed by atoms with van der Waals surface area (Å²) in [7, 11) is 0. The molecule has 2 aliphatic carbocycles. The van der Waals surface area contributed by atoms with Gasteiger partial charge in [0.25, 0.3) is 0 Å². The maximum absolute atomic E-state index is 2.75. The van der Waals surface area contributed by atoms with E-state index in [0.29, 0.717) is 13.3 Å². The van der Waals surface area contributed by atoms with Crippen molar-refractivity contribution in [3.8, 4) is 22.3 Å². The van der Waals surface area contributed by atoms with Gasteiger partial charge in [-0.15, -0.1) is 0 Å². The van der Waals surface area contributed by atoms with Crippen LogP contribution in [0.1, 0.15) is 86.1 Å². The summed E-state index contributed by atoms with van der Waals surface area (Å²) in [4.78, 5) is 10.7. The van der Waals surface area contributed by atoms with Crippen LogP contribution in [0.2, 0.25) is 0 Å². The third-order valence-electron chi connectivity index (χ3n) is 15.2. The van der Waals surface area contributed by atoms with E-state index in [4.69, 9.17) is 0 Å². The summed E-state index contributed by atoms with van der Waals surface area (Å²) < 4.78 is 0. The molecule has 0 N–H and O–H groups in total. The molecule has 13 rings (SSSR count). The van der Waals surface area contributed by atoms with E-state index in [-0.39, 0.29) is 10.8 Å². The van der Waals surface area contributed by atoms with Crippen molar-refractivity contribution in [2.24, 2.45) is 0 Å². The minimum absolute atomic E-state index is 0.0382. The maximum atomic E-state index is 2.75. The van der Waals surface area contributed by atoms with Crippen LogP contribution < -0.4 is 19.6 Å².